The van der Waals surface area contributed by atoms with Crippen molar-refractivity contribution < 1.29 is 9.53 Å². The molecule has 4 nitrogen and oxygen atoms in total. The van der Waals surface area contributed by atoms with E-state index in [1.54, 1.807) is 30.3 Å². The molecule has 0 aliphatic carbocycles. The van der Waals surface area contributed by atoms with Crippen molar-refractivity contribution in [3.63, 3.8) is 0 Å². The summed E-state index contributed by atoms with van der Waals surface area (Å²) in [6, 6.07) is 9.89. The predicted octanol–water partition coefficient (Wildman–Crippen LogP) is 3.25. The molecule has 6 heteroatoms. The van der Waals surface area contributed by atoms with E-state index in [2.05, 4.69) is 0 Å². The Morgan fingerprint density at radius 2 is 1.85 bits per heavy atom. The van der Waals surface area contributed by atoms with Gasteiger partial charge in [-0.1, -0.05) is 29.3 Å². The molecule has 0 unspecified atom stereocenters. The molecule has 0 spiro atoms. The summed E-state index contributed by atoms with van der Waals surface area (Å²) in [6.45, 7) is 0.237. The van der Waals surface area contributed by atoms with Gasteiger partial charge in [-0.3, -0.25) is 4.79 Å². The van der Waals surface area contributed by atoms with Crippen molar-refractivity contribution in [1.82, 2.24) is 0 Å². The third-order valence-corrected chi connectivity index (χ3v) is 3.39. The first-order valence-corrected chi connectivity index (χ1v) is 6.49. The molecule has 104 valence electrons. The lowest BCUT2D eigenvalue weighted by atomic mass is 10.1. The molecule has 2 aromatic carbocycles. The second-order valence-electron chi connectivity index (χ2n) is 4.16. The van der Waals surface area contributed by atoms with Crippen molar-refractivity contribution in [2.24, 2.45) is 5.73 Å². The summed E-state index contributed by atoms with van der Waals surface area (Å²) in [5.41, 5.74) is 12.4. The Morgan fingerprint density at radius 3 is 2.50 bits per heavy atom. The van der Waals surface area contributed by atoms with E-state index in [1.165, 1.54) is 6.07 Å². The van der Waals surface area contributed by atoms with E-state index in [4.69, 9.17) is 39.4 Å². The first-order valence-electron chi connectivity index (χ1n) is 5.73. The average Bonchev–Trinajstić information content (AvgIpc) is 2.41. The summed E-state index contributed by atoms with van der Waals surface area (Å²) in [5, 5.41) is 0.918. The van der Waals surface area contributed by atoms with Crippen LogP contribution < -0.4 is 16.2 Å². The second-order valence-corrected chi connectivity index (χ2v) is 4.97. The number of rotatable bonds is 4. The molecule has 20 heavy (non-hydrogen) atoms. The van der Waals surface area contributed by atoms with Gasteiger partial charge in [0.25, 0.3) is 5.91 Å². The van der Waals surface area contributed by atoms with E-state index in [9.17, 15) is 4.79 Å². The van der Waals surface area contributed by atoms with Gasteiger partial charge in [0.05, 0.1) is 15.6 Å². The van der Waals surface area contributed by atoms with Crippen LogP contribution in [0.25, 0.3) is 0 Å². The van der Waals surface area contributed by atoms with E-state index in [1.807, 2.05) is 0 Å². The smallest absolute Gasteiger partial charge is 0.252 e. The van der Waals surface area contributed by atoms with Gasteiger partial charge in [-0.2, -0.15) is 0 Å². The zero-order valence-corrected chi connectivity index (χ0v) is 11.9. The number of halogens is 2. The van der Waals surface area contributed by atoms with Crippen molar-refractivity contribution in [2.75, 3.05) is 5.73 Å². The van der Waals surface area contributed by atoms with Gasteiger partial charge in [0.15, 0.2) is 0 Å². The number of primary amides is 1. The highest BCUT2D eigenvalue weighted by atomic mass is 35.5. The highest BCUT2D eigenvalue weighted by Crippen LogP contribution is 2.25. The van der Waals surface area contributed by atoms with Gasteiger partial charge in [-0.15, -0.1) is 0 Å². The number of hydrogen-bond donors (Lipinski definition) is 2. The van der Waals surface area contributed by atoms with Crippen LogP contribution in [0.4, 0.5) is 5.69 Å². The fraction of sp³-hybridized carbons (Fsp3) is 0.0714. The van der Waals surface area contributed by atoms with Crippen LogP contribution in [0.3, 0.4) is 0 Å². The van der Waals surface area contributed by atoms with Crippen LogP contribution in [-0.4, -0.2) is 5.91 Å². The van der Waals surface area contributed by atoms with Crippen molar-refractivity contribution in [1.29, 1.82) is 0 Å². The minimum Gasteiger partial charge on any atom is -0.488 e. The first-order chi connectivity index (χ1) is 9.47. The largest absolute Gasteiger partial charge is 0.488 e. The van der Waals surface area contributed by atoms with Gasteiger partial charge in [0, 0.05) is 5.69 Å². The average molecular weight is 311 g/mol. The highest BCUT2D eigenvalue weighted by Gasteiger charge is 2.10. The molecule has 0 saturated heterocycles. The summed E-state index contributed by atoms with van der Waals surface area (Å²) in [7, 11) is 0. The van der Waals surface area contributed by atoms with Crippen LogP contribution >= 0.6 is 23.2 Å². The fourth-order valence-corrected chi connectivity index (χ4v) is 1.98. The lowest BCUT2D eigenvalue weighted by Crippen LogP contribution is -2.13. The molecule has 0 saturated carbocycles. The number of carbonyl (C=O) groups is 1. The summed E-state index contributed by atoms with van der Waals surface area (Å²) in [5.74, 6) is -0.223. The van der Waals surface area contributed by atoms with Crippen molar-refractivity contribution >= 4 is 34.8 Å². The maximum atomic E-state index is 11.3. The van der Waals surface area contributed by atoms with E-state index in [-0.39, 0.29) is 12.2 Å². The summed E-state index contributed by atoms with van der Waals surface area (Å²) in [4.78, 5) is 11.3. The molecule has 0 bridgehead atoms. The molecule has 0 atom stereocenters. The van der Waals surface area contributed by atoms with Gasteiger partial charge in [-0.25, -0.2) is 0 Å². The van der Waals surface area contributed by atoms with Gasteiger partial charge in [-0.05, 0) is 35.9 Å². The Balaban J connectivity index is 2.18. The number of nitrogen functional groups attached to an aromatic ring is 1. The van der Waals surface area contributed by atoms with Crippen LogP contribution in [0.15, 0.2) is 36.4 Å². The van der Waals surface area contributed by atoms with E-state index in [0.717, 1.165) is 5.56 Å². The second kappa shape index (κ2) is 6.03. The maximum Gasteiger partial charge on any atom is 0.252 e. The topological polar surface area (TPSA) is 78.3 Å². The number of amides is 1. The molecule has 0 heterocycles. The molecule has 0 aromatic heterocycles. The minimum absolute atomic E-state index is 0.237. The zero-order valence-electron chi connectivity index (χ0n) is 10.4. The van der Waals surface area contributed by atoms with E-state index >= 15 is 0 Å². The fourth-order valence-electron chi connectivity index (χ4n) is 1.66. The lowest BCUT2D eigenvalue weighted by molar-refractivity contribution is 0.0996. The number of benzene rings is 2. The molecular weight excluding hydrogens is 299 g/mol. The molecule has 0 radical (unpaired) electrons. The molecule has 4 N–H and O–H groups in total. The Labute approximate surface area is 126 Å². The van der Waals surface area contributed by atoms with Gasteiger partial charge in [0.2, 0.25) is 0 Å². The zero-order chi connectivity index (χ0) is 14.7. The standard InChI is InChI=1S/C14H12Cl2N2O2/c15-11-3-1-8(5-12(11)16)7-20-13-4-2-9(17)6-10(13)14(18)19/h1-6H,7,17H2,(H2,18,19). The van der Waals surface area contributed by atoms with Crippen LogP contribution in [0, 0.1) is 0 Å². The maximum absolute atomic E-state index is 11.3. The molecule has 1 amide bonds. The summed E-state index contributed by atoms with van der Waals surface area (Å²) in [6.07, 6.45) is 0. The third-order valence-electron chi connectivity index (χ3n) is 2.65. The van der Waals surface area contributed by atoms with Crippen molar-refractivity contribution in [3.05, 3.63) is 57.6 Å². The van der Waals surface area contributed by atoms with Gasteiger partial charge < -0.3 is 16.2 Å². The molecule has 0 aliphatic rings. The number of anilines is 1. The number of ether oxygens (including phenoxy) is 1. The van der Waals surface area contributed by atoms with Crippen LogP contribution in [0.5, 0.6) is 5.75 Å². The summed E-state index contributed by atoms with van der Waals surface area (Å²) >= 11 is 11.8. The van der Waals surface area contributed by atoms with E-state index < -0.39 is 5.91 Å². The molecule has 2 aromatic rings. The molecular formula is C14H12Cl2N2O2. The van der Waals surface area contributed by atoms with E-state index in [0.29, 0.717) is 21.5 Å². The van der Waals surface area contributed by atoms with Gasteiger partial charge in [0.1, 0.15) is 12.4 Å². The van der Waals surface area contributed by atoms with Crippen molar-refractivity contribution in [2.45, 2.75) is 6.61 Å². The first kappa shape index (κ1) is 14.5. The Morgan fingerprint density at radius 1 is 1.10 bits per heavy atom. The molecule has 0 fully saturated rings. The number of nitrogens with two attached hydrogens (primary N) is 2. The van der Waals surface area contributed by atoms with Crippen LogP contribution in [0.2, 0.25) is 10.0 Å². The Kier molecular flexibility index (Phi) is 4.37. The lowest BCUT2D eigenvalue weighted by Gasteiger charge is -2.10. The quantitative estimate of drug-likeness (QED) is 0.851. The number of carbonyl (C=O) groups excluding carboxylic acids is 1. The summed E-state index contributed by atoms with van der Waals surface area (Å²) < 4.78 is 5.58. The molecule has 0 aliphatic heterocycles. The number of hydrogen-bond acceptors (Lipinski definition) is 3. The molecule has 2 rings (SSSR count). The van der Waals surface area contributed by atoms with Gasteiger partial charge >= 0.3 is 0 Å². The van der Waals surface area contributed by atoms with Crippen molar-refractivity contribution in [3.8, 4) is 5.75 Å². The Hall–Kier alpha value is -1.91. The van der Waals surface area contributed by atoms with Crippen LogP contribution in [-0.2, 0) is 6.61 Å². The third kappa shape index (κ3) is 3.35. The Bertz CT molecular complexity index is 660. The monoisotopic (exact) mass is 310 g/mol. The predicted molar refractivity (Wildman–Crippen MR) is 80.2 cm³/mol. The normalized spacial score (nSPS) is 10.3. The van der Waals surface area contributed by atoms with Crippen LogP contribution in [0.1, 0.15) is 15.9 Å². The minimum atomic E-state index is -0.596. The SMILES string of the molecule is NC(=O)c1cc(N)ccc1OCc1ccc(Cl)c(Cl)c1. The highest BCUT2D eigenvalue weighted by molar-refractivity contribution is 6.42.